The first-order valence-electron chi connectivity index (χ1n) is 4.76. The van der Waals surface area contributed by atoms with E-state index in [9.17, 15) is 5.11 Å². The van der Waals surface area contributed by atoms with Gasteiger partial charge in [-0.25, -0.2) is 9.97 Å². The second kappa shape index (κ2) is 4.92. The zero-order chi connectivity index (χ0) is 12.3. The van der Waals surface area contributed by atoms with Gasteiger partial charge in [0.15, 0.2) is 5.82 Å². The van der Waals surface area contributed by atoms with Crippen LogP contribution in [-0.2, 0) is 0 Å². The van der Waals surface area contributed by atoms with Crippen LogP contribution in [0.3, 0.4) is 0 Å². The second-order valence-corrected chi connectivity index (χ2v) is 4.14. The number of hydrogen-bond donors (Lipinski definition) is 2. The molecule has 2 aromatic rings. The molecule has 1 aromatic carbocycles. The molecular weight excluding hydrogens is 284 g/mol. The van der Waals surface area contributed by atoms with E-state index in [0.717, 1.165) is 4.47 Å². The summed E-state index contributed by atoms with van der Waals surface area (Å²) in [6.07, 6.45) is 3.18. The van der Waals surface area contributed by atoms with Gasteiger partial charge in [0.2, 0.25) is 0 Å². The van der Waals surface area contributed by atoms with Gasteiger partial charge in [0.05, 0.1) is 4.47 Å². The van der Waals surface area contributed by atoms with E-state index >= 15 is 0 Å². The Balaban J connectivity index is 2.49. The maximum Gasteiger partial charge on any atom is 0.180 e. The molecule has 0 aliphatic heterocycles. The molecule has 0 atom stereocenters. The quantitative estimate of drug-likeness (QED) is 0.501. The van der Waals surface area contributed by atoms with E-state index in [1.54, 1.807) is 36.7 Å². The van der Waals surface area contributed by atoms with Crippen molar-refractivity contribution in [2.45, 2.75) is 0 Å². The van der Waals surface area contributed by atoms with Gasteiger partial charge in [-0.1, -0.05) is 12.1 Å². The van der Waals surface area contributed by atoms with Crippen molar-refractivity contribution in [3.63, 3.8) is 0 Å². The molecule has 0 spiro atoms. The molecule has 6 heteroatoms. The SMILES string of the molecule is N/N=C(/c1ncc(Br)cn1)c1ccccc1O. The van der Waals surface area contributed by atoms with Crippen LogP contribution < -0.4 is 5.84 Å². The zero-order valence-electron chi connectivity index (χ0n) is 8.71. The summed E-state index contributed by atoms with van der Waals surface area (Å²) in [5.41, 5.74) is 0.841. The molecular formula is C11H9BrN4O. The second-order valence-electron chi connectivity index (χ2n) is 3.22. The molecule has 2 rings (SSSR count). The van der Waals surface area contributed by atoms with Crippen LogP contribution in [0.15, 0.2) is 46.2 Å². The predicted molar refractivity (Wildman–Crippen MR) is 67.7 cm³/mol. The van der Waals surface area contributed by atoms with Crippen molar-refractivity contribution in [3.8, 4) is 5.75 Å². The number of benzene rings is 1. The third-order valence-electron chi connectivity index (χ3n) is 2.12. The summed E-state index contributed by atoms with van der Waals surface area (Å²) in [6.45, 7) is 0. The van der Waals surface area contributed by atoms with E-state index in [0.29, 0.717) is 17.1 Å². The normalized spacial score (nSPS) is 11.5. The molecule has 0 unspecified atom stereocenters. The largest absolute Gasteiger partial charge is 0.507 e. The summed E-state index contributed by atoms with van der Waals surface area (Å²) in [6, 6.07) is 6.75. The van der Waals surface area contributed by atoms with Gasteiger partial charge in [0.1, 0.15) is 11.5 Å². The number of para-hydroxylation sites is 1. The van der Waals surface area contributed by atoms with Crippen LogP contribution in [0.1, 0.15) is 11.4 Å². The number of aromatic nitrogens is 2. The van der Waals surface area contributed by atoms with Crippen molar-refractivity contribution in [2.24, 2.45) is 10.9 Å². The van der Waals surface area contributed by atoms with Crippen LogP contribution in [0, 0.1) is 0 Å². The van der Waals surface area contributed by atoms with E-state index < -0.39 is 0 Å². The summed E-state index contributed by atoms with van der Waals surface area (Å²) in [7, 11) is 0. The van der Waals surface area contributed by atoms with Gasteiger partial charge in [-0.3, -0.25) is 0 Å². The Morgan fingerprint density at radius 3 is 2.47 bits per heavy atom. The highest BCUT2D eigenvalue weighted by atomic mass is 79.9. The lowest BCUT2D eigenvalue weighted by atomic mass is 10.1. The molecule has 0 amide bonds. The van der Waals surface area contributed by atoms with Crippen LogP contribution >= 0.6 is 15.9 Å². The van der Waals surface area contributed by atoms with Gasteiger partial charge in [-0.15, -0.1) is 0 Å². The van der Waals surface area contributed by atoms with Gasteiger partial charge < -0.3 is 10.9 Å². The fourth-order valence-electron chi connectivity index (χ4n) is 1.36. The van der Waals surface area contributed by atoms with Crippen LogP contribution in [0.2, 0.25) is 0 Å². The topological polar surface area (TPSA) is 84.4 Å². The molecule has 0 fully saturated rings. The molecule has 0 bridgehead atoms. The molecule has 1 aromatic heterocycles. The molecule has 3 N–H and O–H groups in total. The fourth-order valence-corrected chi connectivity index (χ4v) is 1.56. The molecule has 0 aliphatic carbocycles. The Hall–Kier alpha value is -1.95. The number of rotatable bonds is 2. The highest BCUT2D eigenvalue weighted by Crippen LogP contribution is 2.19. The minimum absolute atomic E-state index is 0.0863. The van der Waals surface area contributed by atoms with Crippen molar-refractivity contribution in [2.75, 3.05) is 0 Å². The summed E-state index contributed by atoms with van der Waals surface area (Å²) in [5, 5.41) is 13.4. The summed E-state index contributed by atoms with van der Waals surface area (Å²) >= 11 is 3.24. The minimum atomic E-state index is 0.0863. The zero-order valence-corrected chi connectivity index (χ0v) is 10.3. The van der Waals surface area contributed by atoms with Gasteiger partial charge in [-0.05, 0) is 28.1 Å². The molecule has 0 saturated heterocycles. The first-order chi connectivity index (χ1) is 8.22. The number of nitrogens with two attached hydrogens (primary N) is 1. The lowest BCUT2D eigenvalue weighted by molar-refractivity contribution is 0.474. The third-order valence-corrected chi connectivity index (χ3v) is 2.53. The molecule has 17 heavy (non-hydrogen) atoms. The van der Waals surface area contributed by atoms with Crippen molar-refractivity contribution >= 4 is 21.6 Å². The fraction of sp³-hybridized carbons (Fsp3) is 0. The van der Waals surface area contributed by atoms with Gasteiger partial charge >= 0.3 is 0 Å². The Bertz CT molecular complexity index is 554. The van der Waals surface area contributed by atoms with Gasteiger partial charge in [-0.2, -0.15) is 5.10 Å². The highest BCUT2D eigenvalue weighted by molar-refractivity contribution is 9.10. The number of nitrogens with zero attached hydrogens (tertiary/aromatic N) is 3. The average Bonchev–Trinajstić information content (AvgIpc) is 2.35. The smallest absolute Gasteiger partial charge is 0.180 e. The van der Waals surface area contributed by atoms with Crippen molar-refractivity contribution in [3.05, 3.63) is 52.5 Å². The van der Waals surface area contributed by atoms with Crippen molar-refractivity contribution < 1.29 is 5.11 Å². The van der Waals surface area contributed by atoms with Crippen LogP contribution in [0.25, 0.3) is 0 Å². The molecule has 0 saturated carbocycles. The number of aromatic hydroxyl groups is 1. The molecule has 0 radical (unpaired) electrons. The van der Waals surface area contributed by atoms with Crippen molar-refractivity contribution in [1.29, 1.82) is 0 Å². The molecule has 86 valence electrons. The lowest BCUT2D eigenvalue weighted by Crippen LogP contribution is -2.10. The number of hydrogen-bond acceptors (Lipinski definition) is 5. The van der Waals surface area contributed by atoms with E-state index in [4.69, 9.17) is 5.84 Å². The van der Waals surface area contributed by atoms with Crippen LogP contribution in [0.4, 0.5) is 0 Å². The number of halogens is 1. The van der Waals surface area contributed by atoms with E-state index in [2.05, 4.69) is 31.0 Å². The Labute approximate surface area is 106 Å². The van der Waals surface area contributed by atoms with E-state index in [1.807, 2.05) is 0 Å². The minimum Gasteiger partial charge on any atom is -0.507 e. The maximum atomic E-state index is 9.73. The number of hydrazone groups is 1. The highest BCUT2D eigenvalue weighted by Gasteiger charge is 2.13. The van der Waals surface area contributed by atoms with Crippen molar-refractivity contribution in [1.82, 2.24) is 9.97 Å². The van der Waals surface area contributed by atoms with Gasteiger partial charge in [0.25, 0.3) is 0 Å². The standard InChI is InChI=1S/C11H9BrN4O/c12-7-5-14-11(15-6-7)10(16-13)8-3-1-2-4-9(8)17/h1-6,17H,13H2/b16-10+. The number of phenolic OH excluding ortho intramolecular Hbond substituents is 1. The Morgan fingerprint density at radius 1 is 1.24 bits per heavy atom. The first kappa shape index (κ1) is 11.5. The molecule has 1 heterocycles. The molecule has 0 aliphatic rings. The lowest BCUT2D eigenvalue weighted by Gasteiger charge is -2.05. The predicted octanol–water partition coefficient (Wildman–Crippen LogP) is 1.66. The van der Waals surface area contributed by atoms with Crippen LogP contribution in [0.5, 0.6) is 5.75 Å². The van der Waals surface area contributed by atoms with E-state index in [1.165, 1.54) is 0 Å². The monoisotopic (exact) mass is 292 g/mol. The number of phenols is 1. The first-order valence-corrected chi connectivity index (χ1v) is 5.56. The van der Waals surface area contributed by atoms with E-state index in [-0.39, 0.29) is 5.75 Å². The van der Waals surface area contributed by atoms with Crippen LogP contribution in [-0.4, -0.2) is 20.8 Å². The Kier molecular flexibility index (Phi) is 3.34. The summed E-state index contributed by atoms with van der Waals surface area (Å²) in [5.74, 6) is 5.77. The Morgan fingerprint density at radius 2 is 1.88 bits per heavy atom. The average molecular weight is 293 g/mol. The summed E-state index contributed by atoms with van der Waals surface area (Å²) < 4.78 is 0.759. The third kappa shape index (κ3) is 2.42. The summed E-state index contributed by atoms with van der Waals surface area (Å²) in [4.78, 5) is 8.17. The molecule has 5 nitrogen and oxygen atoms in total. The van der Waals surface area contributed by atoms with Gasteiger partial charge in [0, 0.05) is 18.0 Å². The maximum absolute atomic E-state index is 9.73.